The summed E-state index contributed by atoms with van der Waals surface area (Å²) in [5.74, 6) is 0. The number of hydrogen-bond donors (Lipinski definition) is 1. The Morgan fingerprint density at radius 3 is 2.89 bits per heavy atom. The van der Waals surface area contributed by atoms with Gasteiger partial charge in [-0.25, -0.2) is 0 Å². The molecule has 1 aliphatic heterocycles. The van der Waals surface area contributed by atoms with Crippen LogP contribution in [0.2, 0.25) is 0 Å². The van der Waals surface area contributed by atoms with E-state index in [9.17, 15) is 5.11 Å². The van der Waals surface area contributed by atoms with Gasteiger partial charge in [0.2, 0.25) is 0 Å². The van der Waals surface area contributed by atoms with Gasteiger partial charge in [0.25, 0.3) is 0 Å². The first-order valence-corrected chi connectivity index (χ1v) is 7.31. The topological polar surface area (TPSA) is 47.3 Å². The predicted octanol–water partition coefficient (Wildman–Crippen LogP) is 2.45. The summed E-state index contributed by atoms with van der Waals surface area (Å²) in [5, 5.41) is 14.9. The summed E-state index contributed by atoms with van der Waals surface area (Å²) in [7, 11) is 0. The van der Waals surface area contributed by atoms with Crippen LogP contribution in [0.4, 0.5) is 0 Å². The Kier molecular flexibility index (Phi) is 4.14. The van der Waals surface area contributed by atoms with Crippen LogP contribution in [0, 0.1) is 6.92 Å². The van der Waals surface area contributed by atoms with Crippen LogP contribution >= 0.6 is 15.9 Å². The lowest BCUT2D eigenvalue weighted by Crippen LogP contribution is -2.40. The zero-order valence-corrected chi connectivity index (χ0v) is 12.8. The van der Waals surface area contributed by atoms with Crippen LogP contribution in [0.25, 0.3) is 0 Å². The van der Waals surface area contributed by atoms with Gasteiger partial charge in [-0.3, -0.25) is 4.68 Å². The lowest BCUT2D eigenvalue weighted by Gasteiger charge is -2.29. The Morgan fingerprint density at radius 1 is 1.61 bits per heavy atom. The second-order valence-electron chi connectivity index (χ2n) is 5.15. The number of nitrogens with zero attached hydrogens (tertiary/aromatic N) is 2. The van der Waals surface area contributed by atoms with Crippen molar-refractivity contribution in [2.24, 2.45) is 0 Å². The van der Waals surface area contributed by atoms with Gasteiger partial charge in [-0.15, -0.1) is 0 Å². The van der Waals surface area contributed by atoms with Crippen LogP contribution in [-0.2, 0) is 17.7 Å². The molecule has 0 bridgehead atoms. The summed E-state index contributed by atoms with van der Waals surface area (Å²) in [4.78, 5) is 0. The van der Waals surface area contributed by atoms with Gasteiger partial charge in [0.05, 0.1) is 27.6 Å². The lowest BCUT2D eigenvalue weighted by atomic mass is 9.92. The number of aliphatic hydroxyl groups excluding tert-OH is 1. The van der Waals surface area contributed by atoms with E-state index in [0.717, 1.165) is 41.9 Å². The van der Waals surface area contributed by atoms with E-state index in [4.69, 9.17) is 4.74 Å². The largest absolute Gasteiger partial charge is 0.390 e. The molecule has 0 saturated carbocycles. The van der Waals surface area contributed by atoms with E-state index in [1.54, 1.807) is 0 Å². The van der Waals surface area contributed by atoms with Crippen LogP contribution in [-0.4, -0.2) is 33.2 Å². The molecule has 5 heteroatoms. The molecule has 1 fully saturated rings. The molecule has 2 unspecified atom stereocenters. The Hall–Kier alpha value is -0.390. The molecule has 1 N–H and O–H groups in total. The first kappa shape index (κ1) is 14.0. The molecule has 1 aromatic rings. The molecule has 1 aromatic heterocycles. The Balaban J connectivity index is 2.18. The van der Waals surface area contributed by atoms with Gasteiger partial charge in [0.15, 0.2) is 0 Å². The minimum absolute atomic E-state index is 0.407. The maximum atomic E-state index is 10.4. The van der Waals surface area contributed by atoms with E-state index in [-0.39, 0.29) is 0 Å². The van der Waals surface area contributed by atoms with Crippen LogP contribution in [0.15, 0.2) is 4.47 Å². The highest BCUT2D eigenvalue weighted by Gasteiger charge is 2.38. The van der Waals surface area contributed by atoms with Crippen LogP contribution < -0.4 is 0 Å². The van der Waals surface area contributed by atoms with Crippen molar-refractivity contribution in [3.05, 3.63) is 15.9 Å². The average molecular weight is 317 g/mol. The molecule has 18 heavy (non-hydrogen) atoms. The number of aryl methyl sites for hydroxylation is 2. The number of aliphatic hydroxyl groups is 1. The highest BCUT2D eigenvalue weighted by atomic mass is 79.9. The molecule has 1 saturated heterocycles. The van der Waals surface area contributed by atoms with Crippen LogP contribution in [0.1, 0.15) is 38.1 Å². The van der Waals surface area contributed by atoms with Crippen molar-refractivity contribution in [1.29, 1.82) is 0 Å². The third-order valence-corrected chi connectivity index (χ3v) is 4.83. The number of halogens is 1. The van der Waals surface area contributed by atoms with E-state index < -0.39 is 11.7 Å². The third-order valence-electron chi connectivity index (χ3n) is 3.79. The maximum Gasteiger partial charge on any atom is 0.0916 e. The van der Waals surface area contributed by atoms with Gasteiger partial charge in [0.1, 0.15) is 0 Å². The fourth-order valence-corrected chi connectivity index (χ4v) is 2.97. The van der Waals surface area contributed by atoms with Crippen molar-refractivity contribution in [1.82, 2.24) is 9.78 Å². The van der Waals surface area contributed by atoms with E-state index in [1.165, 1.54) is 0 Å². The molecular weight excluding hydrogens is 296 g/mol. The number of rotatable bonds is 4. The number of hydrogen-bond acceptors (Lipinski definition) is 3. The molecule has 1 aliphatic rings. The molecule has 4 nitrogen and oxygen atoms in total. The summed E-state index contributed by atoms with van der Waals surface area (Å²) in [5.41, 5.74) is 1.62. The molecule has 2 atom stereocenters. The Bertz CT molecular complexity index is 425. The molecule has 0 spiro atoms. The smallest absolute Gasteiger partial charge is 0.0916 e. The minimum atomic E-state index is -0.488. The van der Waals surface area contributed by atoms with Crippen molar-refractivity contribution in [2.45, 2.75) is 58.3 Å². The number of ether oxygens (including phenoxy) is 1. The van der Waals surface area contributed by atoms with Gasteiger partial charge < -0.3 is 9.84 Å². The average Bonchev–Trinajstić information content (AvgIpc) is 2.89. The summed E-state index contributed by atoms with van der Waals surface area (Å²) < 4.78 is 8.65. The molecule has 0 amide bonds. The van der Waals surface area contributed by atoms with Crippen molar-refractivity contribution in [2.75, 3.05) is 6.61 Å². The third kappa shape index (κ3) is 2.49. The van der Waals surface area contributed by atoms with Gasteiger partial charge in [0, 0.05) is 19.6 Å². The van der Waals surface area contributed by atoms with Crippen molar-refractivity contribution >= 4 is 15.9 Å². The Labute approximate surface area is 116 Å². The summed E-state index contributed by atoms with van der Waals surface area (Å²) in [6, 6.07) is 0. The summed E-state index contributed by atoms with van der Waals surface area (Å²) in [6.07, 6.45) is 2.04. The van der Waals surface area contributed by atoms with Crippen LogP contribution in [0.5, 0.6) is 0 Å². The zero-order valence-electron chi connectivity index (χ0n) is 11.2. The Morgan fingerprint density at radius 2 is 2.33 bits per heavy atom. The fourth-order valence-electron chi connectivity index (χ4n) is 2.53. The van der Waals surface area contributed by atoms with Gasteiger partial charge in [-0.2, -0.15) is 5.10 Å². The highest BCUT2D eigenvalue weighted by molar-refractivity contribution is 9.10. The first-order chi connectivity index (χ1) is 8.48. The van der Waals surface area contributed by atoms with Gasteiger partial charge >= 0.3 is 0 Å². The predicted molar refractivity (Wildman–Crippen MR) is 73.6 cm³/mol. The quantitative estimate of drug-likeness (QED) is 0.928. The second-order valence-corrected chi connectivity index (χ2v) is 5.94. The van der Waals surface area contributed by atoms with Gasteiger partial charge in [-0.1, -0.05) is 0 Å². The van der Waals surface area contributed by atoms with Crippen LogP contribution in [0.3, 0.4) is 0 Å². The molecule has 0 aromatic carbocycles. The van der Waals surface area contributed by atoms with E-state index in [2.05, 4.69) is 28.0 Å². The normalized spacial score (nSPS) is 25.6. The van der Waals surface area contributed by atoms with E-state index in [1.807, 2.05) is 18.5 Å². The summed E-state index contributed by atoms with van der Waals surface area (Å²) >= 11 is 3.56. The molecule has 2 heterocycles. The fraction of sp³-hybridized carbons (Fsp3) is 0.769. The number of aromatic nitrogens is 2. The molecule has 0 aliphatic carbocycles. The second kappa shape index (κ2) is 5.31. The zero-order chi connectivity index (χ0) is 13.3. The van der Waals surface area contributed by atoms with Crippen molar-refractivity contribution in [3.63, 3.8) is 0 Å². The van der Waals surface area contributed by atoms with Gasteiger partial charge in [-0.05, 0) is 49.5 Å². The molecule has 0 radical (unpaired) electrons. The monoisotopic (exact) mass is 316 g/mol. The summed E-state index contributed by atoms with van der Waals surface area (Å²) in [6.45, 7) is 7.59. The first-order valence-electron chi connectivity index (χ1n) is 6.51. The lowest BCUT2D eigenvalue weighted by molar-refractivity contribution is -0.0774. The van der Waals surface area contributed by atoms with E-state index in [0.29, 0.717) is 6.42 Å². The maximum absolute atomic E-state index is 10.4. The highest BCUT2D eigenvalue weighted by Crippen LogP contribution is 2.32. The molecule has 2 rings (SSSR count). The molecular formula is C13H21BrN2O2. The minimum Gasteiger partial charge on any atom is -0.390 e. The molecule has 102 valence electrons. The van der Waals surface area contributed by atoms with E-state index >= 15 is 0 Å². The SMILES string of the molecule is CCn1nc(C)c(Br)c1CC(O)C1(C)CCCO1. The standard InChI is InChI=1S/C13H21BrN2O2/c1-4-16-10(12(14)9(2)15-16)8-11(17)13(3)6-5-7-18-13/h11,17H,4-8H2,1-3H3. The van der Waals surface area contributed by atoms with Crippen molar-refractivity contribution in [3.8, 4) is 0 Å². The van der Waals surface area contributed by atoms with Crippen molar-refractivity contribution < 1.29 is 9.84 Å².